The molecule has 5 rings (SSSR count). The van der Waals surface area contributed by atoms with Gasteiger partial charge in [-0.3, -0.25) is 19.2 Å². The monoisotopic (exact) mass is 747 g/mol. The number of hydrogen-bond acceptors (Lipinski definition) is 7. The Balaban J connectivity index is 1.40. The molecule has 13 heteroatoms. The van der Waals surface area contributed by atoms with E-state index in [1.807, 2.05) is 20.8 Å². The summed E-state index contributed by atoms with van der Waals surface area (Å²) in [7, 11) is -3.56. The lowest BCUT2D eigenvalue weighted by atomic mass is 9.70. The average Bonchev–Trinajstić information content (AvgIpc) is 3.89. The van der Waals surface area contributed by atoms with Crippen molar-refractivity contribution in [2.75, 3.05) is 12.3 Å². The minimum atomic E-state index is -3.56. The normalized spacial score (nSPS) is 27.5. The minimum absolute atomic E-state index is 0.00138. The summed E-state index contributed by atoms with van der Waals surface area (Å²) in [6.45, 7) is 15.4. The van der Waals surface area contributed by atoms with Gasteiger partial charge in [-0.25, -0.2) is 13.2 Å². The summed E-state index contributed by atoms with van der Waals surface area (Å²) < 4.78 is 25.9. The molecule has 294 valence electrons. The zero-order valence-corrected chi connectivity index (χ0v) is 33.7. The van der Waals surface area contributed by atoms with Gasteiger partial charge in [-0.1, -0.05) is 73.1 Å². The van der Waals surface area contributed by atoms with Gasteiger partial charge in [0.25, 0.3) is 5.91 Å². The van der Waals surface area contributed by atoms with Gasteiger partial charge < -0.3 is 26.2 Å². The second kappa shape index (κ2) is 14.9. The van der Waals surface area contributed by atoms with Gasteiger partial charge in [0, 0.05) is 12.6 Å². The van der Waals surface area contributed by atoms with Gasteiger partial charge in [-0.05, 0) is 94.3 Å². The van der Waals surface area contributed by atoms with Crippen molar-refractivity contribution in [1.82, 2.24) is 26.2 Å². The van der Waals surface area contributed by atoms with Crippen LogP contribution >= 0.6 is 0 Å². The highest BCUT2D eigenvalue weighted by Crippen LogP contribution is 2.65. The molecule has 5 fully saturated rings. The molecule has 0 aromatic rings. The molecule has 4 N–H and O–H groups in total. The Labute approximate surface area is 311 Å². The number of amides is 5. The first-order valence-electron chi connectivity index (χ1n) is 19.9. The van der Waals surface area contributed by atoms with Crippen molar-refractivity contribution in [2.45, 2.75) is 173 Å². The van der Waals surface area contributed by atoms with E-state index in [9.17, 15) is 32.4 Å². The first kappa shape index (κ1) is 40.5. The molecule has 0 spiro atoms. The number of sulfone groups is 1. The largest absolute Gasteiger partial charge is 0.347 e. The van der Waals surface area contributed by atoms with Gasteiger partial charge >= 0.3 is 6.03 Å². The maximum atomic E-state index is 14.9. The van der Waals surface area contributed by atoms with Crippen LogP contribution in [0.2, 0.25) is 0 Å². The van der Waals surface area contributed by atoms with E-state index in [0.717, 1.165) is 64.2 Å². The van der Waals surface area contributed by atoms with Gasteiger partial charge in [0.05, 0.1) is 22.1 Å². The van der Waals surface area contributed by atoms with E-state index in [2.05, 4.69) is 35.1 Å². The molecule has 1 saturated heterocycles. The molecule has 0 aromatic carbocycles. The molecule has 0 bridgehead atoms. The van der Waals surface area contributed by atoms with Crippen molar-refractivity contribution in [3.8, 4) is 0 Å². The highest BCUT2D eigenvalue weighted by Gasteiger charge is 2.70. The summed E-state index contributed by atoms with van der Waals surface area (Å²) in [6, 6.07) is -3.38. The van der Waals surface area contributed by atoms with Crippen molar-refractivity contribution in [3.05, 3.63) is 0 Å². The second-order valence-electron chi connectivity index (χ2n) is 19.2. The summed E-state index contributed by atoms with van der Waals surface area (Å²) in [5.74, 6) is -2.35. The number of likely N-dealkylation sites (tertiary alicyclic amines) is 1. The quantitative estimate of drug-likeness (QED) is 0.202. The fourth-order valence-corrected chi connectivity index (χ4v) is 10.8. The molecule has 12 nitrogen and oxygen atoms in total. The molecule has 4 saturated carbocycles. The Morgan fingerprint density at radius 1 is 0.846 bits per heavy atom. The van der Waals surface area contributed by atoms with Crippen molar-refractivity contribution < 1.29 is 32.4 Å². The molecule has 0 aromatic heterocycles. The molecule has 52 heavy (non-hydrogen) atoms. The number of nitrogens with zero attached hydrogens (tertiary/aromatic N) is 1. The Hall–Kier alpha value is -2.70. The summed E-state index contributed by atoms with van der Waals surface area (Å²) in [5, 5.41) is 11.8. The van der Waals surface area contributed by atoms with Gasteiger partial charge in [0.1, 0.15) is 12.1 Å². The predicted octanol–water partition coefficient (Wildman–Crippen LogP) is 4.40. The van der Waals surface area contributed by atoms with Crippen molar-refractivity contribution in [3.63, 3.8) is 0 Å². The third-order valence-electron chi connectivity index (χ3n) is 13.0. The first-order valence-corrected chi connectivity index (χ1v) is 21.5. The highest BCUT2D eigenvalue weighted by molar-refractivity contribution is 7.92. The van der Waals surface area contributed by atoms with Crippen LogP contribution in [-0.4, -0.2) is 89.6 Å². The van der Waals surface area contributed by atoms with Crippen LogP contribution in [0.3, 0.4) is 0 Å². The van der Waals surface area contributed by atoms with Crippen LogP contribution in [0.25, 0.3) is 0 Å². The predicted molar refractivity (Wildman–Crippen MR) is 200 cm³/mol. The van der Waals surface area contributed by atoms with Gasteiger partial charge in [0.2, 0.25) is 17.6 Å². The van der Waals surface area contributed by atoms with Gasteiger partial charge in [0.15, 0.2) is 9.84 Å². The van der Waals surface area contributed by atoms with E-state index in [0.29, 0.717) is 19.4 Å². The Kier molecular flexibility index (Phi) is 11.6. The number of rotatable bonds is 13. The Morgan fingerprint density at radius 2 is 1.42 bits per heavy atom. The van der Waals surface area contributed by atoms with Crippen LogP contribution in [0.4, 0.5) is 4.79 Å². The van der Waals surface area contributed by atoms with E-state index in [-0.39, 0.29) is 47.3 Å². The second-order valence-corrected chi connectivity index (χ2v) is 21.9. The number of ketones is 1. The SMILES string of the molecule is CC(C)CC(NC(=O)[C@@H]1[C@@H]2[C@H](CN1C(=O)[C@@H](NC(=O)NC1(CS(=O)(=O)C(C)(C)C)CCCCC1)C1(C)CCCCC1)C2(C)C)C(=O)C(=O)NC1CC1. The van der Waals surface area contributed by atoms with E-state index < -0.39 is 67.3 Å². The number of piperidine rings is 1. The maximum Gasteiger partial charge on any atom is 0.315 e. The zero-order chi connectivity index (χ0) is 38.4. The molecule has 5 aliphatic rings. The summed E-state index contributed by atoms with van der Waals surface area (Å²) in [5.41, 5.74) is -1.72. The lowest BCUT2D eigenvalue weighted by Crippen LogP contribution is -2.65. The van der Waals surface area contributed by atoms with E-state index in [1.54, 1.807) is 25.7 Å². The molecule has 5 atom stereocenters. The van der Waals surface area contributed by atoms with Crippen LogP contribution in [0.1, 0.15) is 139 Å². The Morgan fingerprint density at radius 3 is 1.96 bits per heavy atom. The summed E-state index contributed by atoms with van der Waals surface area (Å²) in [4.78, 5) is 71.1. The third kappa shape index (κ3) is 8.65. The van der Waals surface area contributed by atoms with Crippen LogP contribution in [0, 0.1) is 28.6 Å². The van der Waals surface area contributed by atoms with E-state index in [4.69, 9.17) is 0 Å². The number of carbonyl (C=O) groups is 5. The number of hydrogen-bond donors (Lipinski definition) is 4. The van der Waals surface area contributed by atoms with Crippen molar-refractivity contribution in [1.29, 1.82) is 0 Å². The molecule has 1 aliphatic heterocycles. The molecule has 5 amide bonds. The van der Waals surface area contributed by atoms with Crippen molar-refractivity contribution in [2.24, 2.45) is 28.6 Å². The topological polar surface area (TPSA) is 171 Å². The third-order valence-corrected chi connectivity index (χ3v) is 15.8. The Bertz CT molecular complexity index is 1500. The number of urea groups is 1. The number of carbonyl (C=O) groups excluding carboxylic acids is 5. The zero-order valence-electron chi connectivity index (χ0n) is 32.9. The lowest BCUT2D eigenvalue weighted by molar-refractivity contribution is -0.146. The van der Waals surface area contributed by atoms with Crippen molar-refractivity contribution >= 4 is 39.4 Å². The fraction of sp³-hybridized carbons (Fsp3) is 0.872. The standard InChI is InChI=1S/C39H65N5O7S/c1-24(2)21-27(30(45)33(47)40-25-15-16-25)41-32(46)29-28-26(37(28,6)7)22-44(29)34(48)31(38(8)17-11-9-12-18-38)42-35(49)43-39(19-13-10-14-20-39)23-52(50,51)36(3,4)5/h24-29,31H,9-23H2,1-8H3,(H,40,47)(H,41,46)(H2,42,43,49)/t26-,27?,28-,29-,31+/m0/s1. The highest BCUT2D eigenvalue weighted by atomic mass is 32.2. The number of Topliss-reactive ketones (excluding diaryl/α,β-unsaturated/α-hetero) is 1. The molecular formula is C39H65N5O7S. The average molecular weight is 748 g/mol. The van der Waals surface area contributed by atoms with Gasteiger partial charge in [-0.2, -0.15) is 0 Å². The minimum Gasteiger partial charge on any atom is -0.347 e. The van der Waals surface area contributed by atoms with Gasteiger partial charge in [-0.15, -0.1) is 0 Å². The van der Waals surface area contributed by atoms with Crippen LogP contribution < -0.4 is 21.3 Å². The lowest BCUT2D eigenvalue weighted by Gasteiger charge is -2.44. The molecule has 1 unspecified atom stereocenters. The fourth-order valence-electron chi connectivity index (χ4n) is 9.29. The number of fused-ring (bicyclic) bond motifs is 1. The number of nitrogens with one attached hydrogen (secondary N) is 4. The summed E-state index contributed by atoms with van der Waals surface area (Å²) in [6.07, 6.45) is 9.86. The van der Waals surface area contributed by atoms with Crippen LogP contribution in [0.15, 0.2) is 0 Å². The van der Waals surface area contributed by atoms with E-state index >= 15 is 0 Å². The molecule has 0 radical (unpaired) electrons. The van der Waals surface area contributed by atoms with Crippen LogP contribution in [0.5, 0.6) is 0 Å². The maximum absolute atomic E-state index is 14.9. The first-order chi connectivity index (χ1) is 24.1. The molecule has 1 heterocycles. The molecule has 4 aliphatic carbocycles. The van der Waals surface area contributed by atoms with Crippen LogP contribution in [-0.2, 0) is 29.0 Å². The summed E-state index contributed by atoms with van der Waals surface area (Å²) >= 11 is 0. The molecular weight excluding hydrogens is 683 g/mol. The smallest absolute Gasteiger partial charge is 0.315 e. The van der Waals surface area contributed by atoms with E-state index in [1.165, 1.54) is 0 Å².